The average Bonchev–Trinajstić information content (AvgIpc) is 2.60. The van der Waals surface area contributed by atoms with Crippen LogP contribution in [0.3, 0.4) is 0 Å². The first kappa shape index (κ1) is 15.1. The van der Waals surface area contributed by atoms with Gasteiger partial charge in [-0.15, -0.1) is 0 Å². The van der Waals surface area contributed by atoms with Crippen molar-refractivity contribution in [3.05, 3.63) is 30.3 Å². The van der Waals surface area contributed by atoms with E-state index in [4.69, 9.17) is 15.5 Å². The summed E-state index contributed by atoms with van der Waals surface area (Å²) < 4.78 is 5.26. The molecule has 22 heavy (non-hydrogen) atoms. The minimum atomic E-state index is 0.458. The van der Waals surface area contributed by atoms with Crippen molar-refractivity contribution >= 4 is 16.7 Å². The molecule has 0 spiro atoms. The summed E-state index contributed by atoms with van der Waals surface area (Å²) in [6.45, 7) is 6.99. The molecule has 118 valence electrons. The average molecular weight is 300 g/mol. The van der Waals surface area contributed by atoms with Crippen LogP contribution in [0.2, 0.25) is 0 Å². The highest BCUT2D eigenvalue weighted by Gasteiger charge is 2.21. The fourth-order valence-electron chi connectivity index (χ4n) is 2.94. The van der Waals surface area contributed by atoms with Gasteiger partial charge in [0.15, 0.2) is 0 Å². The van der Waals surface area contributed by atoms with Crippen molar-refractivity contribution in [2.45, 2.75) is 13.0 Å². The zero-order valence-corrected chi connectivity index (χ0v) is 13.3. The maximum absolute atomic E-state index is 5.76. The molecule has 0 amide bonds. The minimum absolute atomic E-state index is 0.458. The normalized spacial score (nSPS) is 17.7. The Morgan fingerprint density at radius 3 is 2.64 bits per heavy atom. The Balaban J connectivity index is 1.74. The third-order valence-corrected chi connectivity index (χ3v) is 4.48. The van der Waals surface area contributed by atoms with Crippen LogP contribution in [-0.2, 0) is 0 Å². The van der Waals surface area contributed by atoms with Gasteiger partial charge in [-0.2, -0.15) is 0 Å². The second-order valence-corrected chi connectivity index (χ2v) is 5.84. The molecule has 1 unspecified atom stereocenters. The molecule has 1 aliphatic rings. The summed E-state index contributed by atoms with van der Waals surface area (Å²) >= 11 is 0. The van der Waals surface area contributed by atoms with E-state index in [1.165, 1.54) is 0 Å². The number of anilines is 1. The van der Waals surface area contributed by atoms with Gasteiger partial charge in [0.1, 0.15) is 11.6 Å². The Kier molecular flexibility index (Phi) is 4.45. The van der Waals surface area contributed by atoms with Gasteiger partial charge in [0, 0.05) is 44.2 Å². The second kappa shape index (κ2) is 6.50. The third-order valence-electron chi connectivity index (χ3n) is 4.48. The Labute approximate surface area is 131 Å². The van der Waals surface area contributed by atoms with E-state index in [0.717, 1.165) is 55.2 Å². The number of benzene rings is 1. The van der Waals surface area contributed by atoms with E-state index in [2.05, 4.69) is 28.9 Å². The van der Waals surface area contributed by atoms with Crippen LogP contribution in [0.15, 0.2) is 30.3 Å². The van der Waals surface area contributed by atoms with Gasteiger partial charge < -0.3 is 15.4 Å². The van der Waals surface area contributed by atoms with Crippen molar-refractivity contribution in [3.63, 3.8) is 0 Å². The minimum Gasteiger partial charge on any atom is -0.497 e. The van der Waals surface area contributed by atoms with E-state index in [0.29, 0.717) is 6.04 Å². The van der Waals surface area contributed by atoms with Gasteiger partial charge in [0.2, 0.25) is 0 Å². The quantitative estimate of drug-likeness (QED) is 0.931. The number of fused-ring (bicyclic) bond motifs is 1. The highest BCUT2D eigenvalue weighted by Crippen LogP contribution is 2.23. The standard InChI is InChI=1S/C17H24N4O/c1-13(12-18)20-7-9-21(10-8-20)17-6-3-14-11-15(22-2)4-5-16(14)19-17/h3-6,11,13H,7-10,12,18H2,1-2H3. The van der Waals surface area contributed by atoms with Crippen LogP contribution >= 0.6 is 0 Å². The number of piperazine rings is 1. The van der Waals surface area contributed by atoms with Crippen molar-refractivity contribution in [2.24, 2.45) is 5.73 Å². The molecule has 3 rings (SSSR count). The van der Waals surface area contributed by atoms with Crippen LogP contribution in [-0.4, -0.2) is 55.8 Å². The number of nitrogens with zero attached hydrogens (tertiary/aromatic N) is 3. The molecule has 1 aliphatic heterocycles. The highest BCUT2D eigenvalue weighted by molar-refractivity contribution is 5.81. The molecular weight excluding hydrogens is 276 g/mol. The van der Waals surface area contributed by atoms with Crippen molar-refractivity contribution < 1.29 is 4.74 Å². The van der Waals surface area contributed by atoms with Crippen LogP contribution < -0.4 is 15.4 Å². The molecule has 1 fully saturated rings. The zero-order valence-electron chi connectivity index (χ0n) is 13.3. The van der Waals surface area contributed by atoms with E-state index >= 15 is 0 Å². The van der Waals surface area contributed by atoms with Gasteiger partial charge in [-0.3, -0.25) is 4.90 Å². The first-order valence-electron chi connectivity index (χ1n) is 7.85. The predicted octanol–water partition coefficient (Wildman–Crippen LogP) is 1.71. The van der Waals surface area contributed by atoms with Crippen molar-refractivity contribution in [3.8, 4) is 5.75 Å². The monoisotopic (exact) mass is 300 g/mol. The molecule has 0 radical (unpaired) electrons. The molecule has 5 nitrogen and oxygen atoms in total. The van der Waals surface area contributed by atoms with Crippen LogP contribution in [0, 0.1) is 0 Å². The highest BCUT2D eigenvalue weighted by atomic mass is 16.5. The lowest BCUT2D eigenvalue weighted by Crippen LogP contribution is -2.51. The molecule has 2 N–H and O–H groups in total. The van der Waals surface area contributed by atoms with Gasteiger partial charge >= 0.3 is 0 Å². The summed E-state index contributed by atoms with van der Waals surface area (Å²) in [7, 11) is 1.69. The molecule has 1 aromatic carbocycles. The smallest absolute Gasteiger partial charge is 0.129 e. The lowest BCUT2D eigenvalue weighted by Gasteiger charge is -2.38. The van der Waals surface area contributed by atoms with Gasteiger partial charge in [-0.05, 0) is 37.3 Å². The van der Waals surface area contributed by atoms with E-state index in [-0.39, 0.29) is 0 Å². The molecule has 5 heteroatoms. The van der Waals surface area contributed by atoms with E-state index < -0.39 is 0 Å². The number of hydrogen-bond acceptors (Lipinski definition) is 5. The Morgan fingerprint density at radius 2 is 1.95 bits per heavy atom. The summed E-state index contributed by atoms with van der Waals surface area (Å²) in [6, 6.07) is 10.7. The van der Waals surface area contributed by atoms with Crippen LogP contribution in [0.4, 0.5) is 5.82 Å². The molecule has 1 atom stereocenters. The van der Waals surface area contributed by atoms with Crippen LogP contribution in [0.1, 0.15) is 6.92 Å². The molecule has 1 aromatic heterocycles. The van der Waals surface area contributed by atoms with Gasteiger partial charge in [0.05, 0.1) is 12.6 Å². The molecule has 2 aromatic rings. The first-order valence-corrected chi connectivity index (χ1v) is 7.85. The molecule has 1 saturated heterocycles. The van der Waals surface area contributed by atoms with Gasteiger partial charge in [-0.25, -0.2) is 4.98 Å². The molecular formula is C17H24N4O. The number of pyridine rings is 1. The summed E-state index contributed by atoms with van der Waals surface area (Å²) in [5.41, 5.74) is 6.77. The van der Waals surface area contributed by atoms with Crippen molar-refractivity contribution in [1.29, 1.82) is 0 Å². The Bertz CT molecular complexity index is 638. The molecule has 0 bridgehead atoms. The number of ether oxygens (including phenoxy) is 1. The number of rotatable bonds is 4. The number of nitrogens with two attached hydrogens (primary N) is 1. The number of aromatic nitrogens is 1. The van der Waals surface area contributed by atoms with Crippen molar-refractivity contribution in [1.82, 2.24) is 9.88 Å². The maximum atomic E-state index is 5.76. The summed E-state index contributed by atoms with van der Waals surface area (Å²) in [4.78, 5) is 9.59. The SMILES string of the molecule is COc1ccc2nc(N3CCN(C(C)CN)CC3)ccc2c1. The van der Waals surface area contributed by atoms with Gasteiger partial charge in [-0.1, -0.05) is 0 Å². The number of methoxy groups -OCH3 is 1. The van der Waals surface area contributed by atoms with E-state index in [1.54, 1.807) is 7.11 Å². The third kappa shape index (κ3) is 3.00. The summed E-state index contributed by atoms with van der Waals surface area (Å²) in [5, 5.41) is 1.11. The van der Waals surface area contributed by atoms with Crippen molar-refractivity contribution in [2.75, 3.05) is 44.7 Å². The fourth-order valence-corrected chi connectivity index (χ4v) is 2.94. The van der Waals surface area contributed by atoms with E-state index in [9.17, 15) is 0 Å². The lowest BCUT2D eigenvalue weighted by molar-refractivity contribution is 0.201. The number of hydrogen-bond donors (Lipinski definition) is 1. The molecule has 2 heterocycles. The molecule has 0 aliphatic carbocycles. The first-order chi connectivity index (χ1) is 10.7. The second-order valence-electron chi connectivity index (χ2n) is 5.84. The van der Waals surface area contributed by atoms with E-state index in [1.807, 2.05) is 18.2 Å². The van der Waals surface area contributed by atoms with Crippen LogP contribution in [0.5, 0.6) is 5.75 Å². The summed E-state index contributed by atoms with van der Waals surface area (Å²) in [5.74, 6) is 1.92. The molecule has 0 saturated carbocycles. The lowest BCUT2D eigenvalue weighted by atomic mass is 10.2. The van der Waals surface area contributed by atoms with Gasteiger partial charge in [0.25, 0.3) is 0 Å². The van der Waals surface area contributed by atoms with Crippen LogP contribution in [0.25, 0.3) is 10.9 Å². The summed E-state index contributed by atoms with van der Waals surface area (Å²) in [6.07, 6.45) is 0. The Hall–Kier alpha value is -1.85. The topological polar surface area (TPSA) is 54.6 Å². The zero-order chi connectivity index (χ0) is 15.5. The fraction of sp³-hybridized carbons (Fsp3) is 0.471. The maximum Gasteiger partial charge on any atom is 0.129 e. The largest absolute Gasteiger partial charge is 0.497 e. The predicted molar refractivity (Wildman–Crippen MR) is 90.6 cm³/mol. The Morgan fingerprint density at radius 1 is 1.18 bits per heavy atom.